The van der Waals surface area contributed by atoms with Crippen LogP contribution in [0.5, 0.6) is 0 Å². The van der Waals surface area contributed by atoms with Crippen molar-refractivity contribution in [3.8, 4) is 0 Å². The molecule has 8 heteroatoms. The summed E-state index contributed by atoms with van der Waals surface area (Å²) < 4.78 is 27.9. The van der Waals surface area contributed by atoms with Gasteiger partial charge in [0, 0.05) is 17.6 Å². The number of aryl methyl sites for hydroxylation is 1. The third-order valence-electron chi connectivity index (χ3n) is 4.12. The van der Waals surface area contributed by atoms with Crippen molar-refractivity contribution in [1.29, 1.82) is 0 Å². The molecule has 1 aromatic carbocycles. The van der Waals surface area contributed by atoms with Crippen molar-refractivity contribution in [3.05, 3.63) is 59.7 Å². The molecule has 1 atom stereocenters. The van der Waals surface area contributed by atoms with Gasteiger partial charge in [0.2, 0.25) is 0 Å². The minimum Gasteiger partial charge on any atom is -0.326 e. The summed E-state index contributed by atoms with van der Waals surface area (Å²) in [5.41, 5.74) is 2.17. The fourth-order valence-corrected chi connectivity index (χ4v) is 3.82. The lowest BCUT2D eigenvalue weighted by molar-refractivity contribution is 0.276. The van der Waals surface area contributed by atoms with Gasteiger partial charge in [-0.25, -0.2) is 4.39 Å². The van der Waals surface area contributed by atoms with E-state index in [1.54, 1.807) is 0 Å². The van der Waals surface area contributed by atoms with Crippen LogP contribution in [0.1, 0.15) is 36.9 Å². The molecule has 0 radical (unpaired) electrons. The minimum absolute atomic E-state index is 0.178. The van der Waals surface area contributed by atoms with Gasteiger partial charge in [-0.2, -0.15) is 0 Å². The molecule has 0 amide bonds. The summed E-state index contributed by atoms with van der Waals surface area (Å²) in [7, 11) is -2.81. The number of pyridine rings is 1. The lowest BCUT2D eigenvalue weighted by atomic mass is 10.1. The van der Waals surface area contributed by atoms with Gasteiger partial charge in [0.1, 0.15) is 5.82 Å². The van der Waals surface area contributed by atoms with E-state index < -0.39 is 8.25 Å². The van der Waals surface area contributed by atoms with Crippen LogP contribution >= 0.6 is 20.0 Å². The highest BCUT2D eigenvalue weighted by molar-refractivity contribution is 7.99. The smallest absolute Gasteiger partial charge is 0.316 e. The summed E-state index contributed by atoms with van der Waals surface area (Å²) in [4.78, 5) is 14.2. The Balaban J connectivity index is 1.51. The van der Waals surface area contributed by atoms with Gasteiger partial charge in [-0.1, -0.05) is 18.6 Å². The van der Waals surface area contributed by atoms with E-state index in [9.17, 15) is 8.96 Å². The number of halogens is 1. The SMILES string of the molecule is O=[PH](O)OCCCNCc1ccc(SCCCCCc2ccc(F)cc2)cn1. The number of hydrogen-bond donors (Lipinski definition) is 2. The topological polar surface area (TPSA) is 71.5 Å². The molecule has 0 saturated carbocycles. The van der Waals surface area contributed by atoms with Gasteiger partial charge in [0.15, 0.2) is 0 Å². The molecule has 28 heavy (non-hydrogen) atoms. The molecule has 2 N–H and O–H groups in total. The molecule has 154 valence electrons. The Bertz CT molecular complexity index is 702. The fourth-order valence-electron chi connectivity index (χ4n) is 2.62. The summed E-state index contributed by atoms with van der Waals surface area (Å²) in [6, 6.07) is 10.9. The maximum atomic E-state index is 12.9. The summed E-state index contributed by atoms with van der Waals surface area (Å²) in [5, 5.41) is 3.24. The number of aromatic nitrogens is 1. The molecule has 2 rings (SSSR count). The molecule has 0 aliphatic rings. The molecule has 5 nitrogen and oxygen atoms in total. The Labute approximate surface area is 171 Å². The van der Waals surface area contributed by atoms with Gasteiger partial charge in [-0.05, 0) is 67.8 Å². The maximum Gasteiger partial charge on any atom is 0.316 e. The molecular weight excluding hydrogens is 398 g/mol. The normalized spacial score (nSPS) is 12.2. The van der Waals surface area contributed by atoms with Gasteiger partial charge in [-0.3, -0.25) is 9.55 Å². The van der Waals surface area contributed by atoms with Crippen LogP contribution in [0.2, 0.25) is 0 Å². The second-order valence-electron chi connectivity index (χ2n) is 6.42. The van der Waals surface area contributed by atoms with Crippen molar-refractivity contribution in [3.63, 3.8) is 0 Å². The molecule has 0 saturated heterocycles. The first-order valence-electron chi connectivity index (χ1n) is 9.52. The largest absolute Gasteiger partial charge is 0.326 e. The predicted octanol–water partition coefficient (Wildman–Crippen LogP) is 4.60. The highest BCUT2D eigenvalue weighted by Crippen LogP contribution is 2.19. The van der Waals surface area contributed by atoms with E-state index in [1.807, 2.05) is 36.2 Å². The van der Waals surface area contributed by atoms with E-state index in [-0.39, 0.29) is 12.4 Å². The van der Waals surface area contributed by atoms with Crippen LogP contribution in [0.4, 0.5) is 4.39 Å². The number of nitrogens with one attached hydrogen (secondary N) is 1. The summed E-state index contributed by atoms with van der Waals surface area (Å²) in [6.07, 6.45) is 7.02. The Morgan fingerprint density at radius 1 is 1.11 bits per heavy atom. The standard InChI is InChI=1S/C20H28FN2O3PS/c21-18-8-6-17(7-9-18)5-2-1-3-14-28-20-11-10-19(23-16-20)15-22-12-4-13-26-27(24)25/h6-11,16,22,27H,1-5,12-15H2,(H,24,25). The predicted molar refractivity (Wildman–Crippen MR) is 112 cm³/mol. The number of rotatable bonds is 14. The maximum absolute atomic E-state index is 12.9. The van der Waals surface area contributed by atoms with Gasteiger partial charge in [0.25, 0.3) is 0 Å². The summed E-state index contributed by atoms with van der Waals surface area (Å²) >= 11 is 1.82. The van der Waals surface area contributed by atoms with Crippen molar-refractivity contribution >= 4 is 20.0 Å². The van der Waals surface area contributed by atoms with Crippen LogP contribution in [0.15, 0.2) is 47.5 Å². The fraction of sp³-hybridized carbons (Fsp3) is 0.450. The zero-order valence-corrected chi connectivity index (χ0v) is 17.7. The molecule has 0 fully saturated rings. The number of nitrogens with zero attached hydrogens (tertiary/aromatic N) is 1. The molecule has 1 unspecified atom stereocenters. The van der Waals surface area contributed by atoms with E-state index in [2.05, 4.69) is 20.9 Å². The number of thioether (sulfide) groups is 1. The first-order chi connectivity index (χ1) is 13.6. The van der Waals surface area contributed by atoms with Crippen LogP contribution in [-0.4, -0.2) is 28.8 Å². The van der Waals surface area contributed by atoms with E-state index >= 15 is 0 Å². The molecule has 0 aliphatic heterocycles. The van der Waals surface area contributed by atoms with Gasteiger partial charge >= 0.3 is 8.25 Å². The lowest BCUT2D eigenvalue weighted by Gasteiger charge is -2.06. The minimum atomic E-state index is -2.81. The van der Waals surface area contributed by atoms with Crippen molar-refractivity contribution < 1.29 is 18.4 Å². The van der Waals surface area contributed by atoms with E-state index in [1.165, 1.54) is 22.6 Å². The monoisotopic (exact) mass is 426 g/mol. The molecule has 1 aromatic heterocycles. The number of hydrogen-bond acceptors (Lipinski definition) is 5. The van der Waals surface area contributed by atoms with Crippen LogP contribution < -0.4 is 5.32 Å². The first kappa shape index (κ1) is 23.0. The second kappa shape index (κ2) is 13.9. The Morgan fingerprint density at radius 2 is 1.93 bits per heavy atom. The quantitative estimate of drug-likeness (QED) is 0.261. The number of benzene rings is 1. The van der Waals surface area contributed by atoms with Crippen molar-refractivity contribution in [2.24, 2.45) is 0 Å². The van der Waals surface area contributed by atoms with Crippen LogP contribution in [-0.2, 0) is 22.1 Å². The van der Waals surface area contributed by atoms with Crippen LogP contribution in [0.3, 0.4) is 0 Å². The van der Waals surface area contributed by atoms with Crippen molar-refractivity contribution in [2.45, 2.75) is 43.5 Å². The van der Waals surface area contributed by atoms with Crippen LogP contribution in [0, 0.1) is 5.82 Å². The van der Waals surface area contributed by atoms with Crippen LogP contribution in [0.25, 0.3) is 0 Å². The van der Waals surface area contributed by atoms with Gasteiger partial charge in [-0.15, -0.1) is 11.8 Å². The highest BCUT2D eigenvalue weighted by Gasteiger charge is 1.99. The second-order valence-corrected chi connectivity index (χ2v) is 8.40. The lowest BCUT2D eigenvalue weighted by Crippen LogP contribution is -2.16. The Hall–Kier alpha value is -1.24. The van der Waals surface area contributed by atoms with Gasteiger partial charge in [0.05, 0.1) is 12.3 Å². The summed E-state index contributed by atoms with van der Waals surface area (Å²) in [5.74, 6) is 0.888. The molecule has 0 bridgehead atoms. The molecule has 1 heterocycles. The van der Waals surface area contributed by atoms with Crippen molar-refractivity contribution in [2.75, 3.05) is 18.9 Å². The Kier molecular flexibility index (Phi) is 11.4. The molecule has 0 spiro atoms. The first-order valence-corrected chi connectivity index (χ1v) is 11.8. The van der Waals surface area contributed by atoms with Gasteiger partial charge < -0.3 is 14.7 Å². The number of unbranched alkanes of at least 4 members (excludes halogenated alkanes) is 2. The van der Waals surface area contributed by atoms with E-state index in [0.29, 0.717) is 19.5 Å². The molecular formula is C20H28FN2O3PS. The average molecular weight is 426 g/mol. The zero-order chi connectivity index (χ0) is 20.0. The summed E-state index contributed by atoms with van der Waals surface area (Å²) in [6.45, 7) is 1.67. The zero-order valence-electron chi connectivity index (χ0n) is 15.9. The average Bonchev–Trinajstić information content (AvgIpc) is 2.69. The molecule has 2 aromatic rings. The van der Waals surface area contributed by atoms with E-state index in [0.717, 1.165) is 37.1 Å². The van der Waals surface area contributed by atoms with Crippen molar-refractivity contribution in [1.82, 2.24) is 10.3 Å². The third-order valence-corrected chi connectivity index (χ3v) is 5.64. The third kappa shape index (κ3) is 10.3. The van der Waals surface area contributed by atoms with E-state index in [4.69, 9.17) is 4.89 Å². The molecule has 0 aliphatic carbocycles. The highest BCUT2D eigenvalue weighted by atomic mass is 32.2. The Morgan fingerprint density at radius 3 is 2.64 bits per heavy atom.